The fourth-order valence-corrected chi connectivity index (χ4v) is 7.33. The maximum atomic E-state index is 7.70. The molecule has 0 bridgehead atoms. The van der Waals surface area contributed by atoms with Crippen LogP contribution in [0.2, 0.25) is 0 Å². The Morgan fingerprint density at radius 2 is 0.900 bits per heavy atom. The van der Waals surface area contributed by atoms with Gasteiger partial charge in [0.2, 0.25) is 0 Å². The van der Waals surface area contributed by atoms with Crippen molar-refractivity contribution in [2.24, 2.45) is 0 Å². The fraction of sp³-hybridized carbons (Fsp3) is 0. The van der Waals surface area contributed by atoms with E-state index in [0.29, 0.717) is 17.1 Å². The Balaban J connectivity index is 1.37. The van der Waals surface area contributed by atoms with Crippen LogP contribution >= 0.6 is 0 Å². The van der Waals surface area contributed by atoms with Crippen LogP contribution in [0.4, 0.5) is 17.1 Å². The van der Waals surface area contributed by atoms with E-state index in [4.69, 9.17) is 19.7 Å². The second-order valence-corrected chi connectivity index (χ2v) is 12.3. The Kier molecular flexibility index (Phi) is 6.56. The highest BCUT2D eigenvalue weighted by atomic mass is 15.0. The standard InChI is InChI=1S/C45H25N5/c1-46-32-12-10-11-29(24-32)30-23-31(36-13-4-7-16-41(36)50-42-17-8-5-14-37(42)38-15-6-9-18-43(38)50)26-35(25-30)49-44-21-19-33(47-2)27-39(44)40-28-34(48-3)20-22-45(40)49/h4-28H. The molecule has 0 aliphatic carbocycles. The molecule has 0 N–H and O–H groups in total. The van der Waals surface area contributed by atoms with Gasteiger partial charge < -0.3 is 9.13 Å². The first kappa shape index (κ1) is 28.8. The van der Waals surface area contributed by atoms with Crippen molar-refractivity contribution in [3.8, 4) is 33.6 Å². The molecular formula is C45H25N5. The highest BCUT2D eigenvalue weighted by Crippen LogP contribution is 2.41. The van der Waals surface area contributed by atoms with Crippen LogP contribution in [-0.2, 0) is 0 Å². The number of para-hydroxylation sites is 3. The predicted molar refractivity (Wildman–Crippen MR) is 205 cm³/mol. The number of rotatable bonds is 4. The van der Waals surface area contributed by atoms with Gasteiger partial charge in [0.15, 0.2) is 17.1 Å². The lowest BCUT2D eigenvalue weighted by Gasteiger charge is -2.17. The molecule has 2 heterocycles. The van der Waals surface area contributed by atoms with Crippen molar-refractivity contribution >= 4 is 60.7 Å². The van der Waals surface area contributed by atoms with Gasteiger partial charge >= 0.3 is 0 Å². The molecule has 5 heteroatoms. The minimum atomic E-state index is 0.551. The zero-order valence-corrected chi connectivity index (χ0v) is 26.7. The molecule has 2 aromatic heterocycles. The molecule has 0 aliphatic heterocycles. The molecule has 0 saturated carbocycles. The molecule has 0 atom stereocenters. The summed E-state index contributed by atoms with van der Waals surface area (Å²) in [6.45, 7) is 23.1. The third kappa shape index (κ3) is 4.45. The zero-order valence-electron chi connectivity index (χ0n) is 26.7. The maximum Gasteiger partial charge on any atom is 0.188 e. The Morgan fingerprint density at radius 1 is 0.360 bits per heavy atom. The molecule has 50 heavy (non-hydrogen) atoms. The molecule has 230 valence electrons. The van der Waals surface area contributed by atoms with Gasteiger partial charge in [0.05, 0.1) is 47.5 Å². The van der Waals surface area contributed by atoms with E-state index < -0.39 is 0 Å². The maximum absolute atomic E-state index is 7.70. The van der Waals surface area contributed by atoms with Crippen LogP contribution < -0.4 is 0 Å². The summed E-state index contributed by atoms with van der Waals surface area (Å²) >= 11 is 0. The number of benzene rings is 7. The number of aromatic nitrogens is 2. The molecule has 0 spiro atoms. The van der Waals surface area contributed by atoms with E-state index in [1.54, 1.807) is 0 Å². The molecule has 0 saturated heterocycles. The van der Waals surface area contributed by atoms with Gasteiger partial charge in [-0.1, -0.05) is 84.9 Å². The Hall–Kier alpha value is -7.39. The average Bonchev–Trinajstić information content (AvgIpc) is 3.69. The first-order valence-corrected chi connectivity index (χ1v) is 16.2. The number of fused-ring (bicyclic) bond motifs is 6. The van der Waals surface area contributed by atoms with Gasteiger partial charge in [-0.2, -0.15) is 0 Å². The summed E-state index contributed by atoms with van der Waals surface area (Å²) in [5, 5.41) is 4.25. The van der Waals surface area contributed by atoms with Crippen molar-refractivity contribution in [1.29, 1.82) is 0 Å². The van der Waals surface area contributed by atoms with Gasteiger partial charge in [0.25, 0.3) is 0 Å². The predicted octanol–water partition coefficient (Wildman–Crippen LogP) is 12.9. The SMILES string of the molecule is [C-]#[N+]c1cccc(-c2cc(-c3ccccc3-n3c4ccccc4c4ccccc43)cc(-n3c4ccc([N+]#[C-])cc4c4cc([N+]#[C-])ccc43)c2)c1. The second kappa shape index (κ2) is 11.4. The first-order valence-electron chi connectivity index (χ1n) is 16.2. The fourth-order valence-electron chi connectivity index (χ4n) is 7.33. The van der Waals surface area contributed by atoms with Crippen LogP contribution in [0.3, 0.4) is 0 Å². The molecule has 5 nitrogen and oxygen atoms in total. The van der Waals surface area contributed by atoms with Crippen LogP contribution in [0.25, 0.3) is 91.8 Å². The van der Waals surface area contributed by atoms with Crippen molar-refractivity contribution in [3.63, 3.8) is 0 Å². The molecule has 9 rings (SSSR count). The van der Waals surface area contributed by atoms with E-state index in [2.05, 4.69) is 115 Å². The van der Waals surface area contributed by atoms with Gasteiger partial charge in [0.1, 0.15) is 0 Å². The van der Waals surface area contributed by atoms with E-state index in [1.165, 1.54) is 10.8 Å². The smallest absolute Gasteiger partial charge is 0.188 e. The third-order valence-electron chi connectivity index (χ3n) is 9.51. The van der Waals surface area contributed by atoms with Gasteiger partial charge in [-0.25, -0.2) is 14.5 Å². The minimum Gasteiger partial charge on any atom is -0.309 e. The van der Waals surface area contributed by atoms with Crippen molar-refractivity contribution < 1.29 is 0 Å². The Morgan fingerprint density at radius 3 is 1.54 bits per heavy atom. The summed E-state index contributed by atoms with van der Waals surface area (Å²) in [7, 11) is 0. The molecule has 0 fully saturated rings. The summed E-state index contributed by atoms with van der Waals surface area (Å²) in [6, 6.07) is 51.5. The molecule has 9 aromatic rings. The average molecular weight is 636 g/mol. The first-order chi connectivity index (χ1) is 24.6. The normalized spacial score (nSPS) is 11.1. The summed E-state index contributed by atoms with van der Waals surface area (Å²) in [5.41, 5.74) is 11.9. The van der Waals surface area contributed by atoms with E-state index in [1.807, 2.05) is 60.7 Å². The Bertz CT molecular complexity index is 2850. The molecule has 7 aromatic carbocycles. The lowest BCUT2D eigenvalue weighted by Crippen LogP contribution is -1.99. The Labute approximate surface area is 288 Å². The lowest BCUT2D eigenvalue weighted by atomic mass is 9.96. The van der Waals surface area contributed by atoms with Gasteiger partial charge in [-0.15, -0.1) is 0 Å². The number of hydrogen-bond donors (Lipinski definition) is 0. The molecule has 0 radical (unpaired) electrons. The summed E-state index contributed by atoms with van der Waals surface area (Å²) in [6.07, 6.45) is 0. The van der Waals surface area contributed by atoms with E-state index >= 15 is 0 Å². The lowest BCUT2D eigenvalue weighted by molar-refractivity contribution is 1.17. The highest BCUT2D eigenvalue weighted by Gasteiger charge is 2.19. The second-order valence-electron chi connectivity index (χ2n) is 12.3. The van der Waals surface area contributed by atoms with Crippen LogP contribution in [0.15, 0.2) is 152 Å². The topological polar surface area (TPSA) is 22.9 Å². The summed E-state index contributed by atoms with van der Waals surface area (Å²) in [4.78, 5) is 11.1. The van der Waals surface area contributed by atoms with Crippen LogP contribution in [0.1, 0.15) is 0 Å². The molecule has 0 amide bonds. The van der Waals surface area contributed by atoms with Crippen LogP contribution in [0, 0.1) is 19.7 Å². The highest BCUT2D eigenvalue weighted by molar-refractivity contribution is 6.12. The number of nitrogens with zero attached hydrogens (tertiary/aromatic N) is 5. The molecular weight excluding hydrogens is 611 g/mol. The minimum absolute atomic E-state index is 0.551. The van der Waals surface area contributed by atoms with Gasteiger partial charge in [0, 0.05) is 22.0 Å². The summed E-state index contributed by atoms with van der Waals surface area (Å²) in [5.74, 6) is 0. The van der Waals surface area contributed by atoms with Crippen molar-refractivity contribution in [1.82, 2.24) is 9.13 Å². The van der Waals surface area contributed by atoms with Crippen LogP contribution in [0.5, 0.6) is 0 Å². The van der Waals surface area contributed by atoms with Gasteiger partial charge in [-0.05, 0) is 94.2 Å². The van der Waals surface area contributed by atoms with Crippen LogP contribution in [-0.4, -0.2) is 9.13 Å². The monoisotopic (exact) mass is 635 g/mol. The van der Waals surface area contributed by atoms with Crippen molar-refractivity contribution in [2.75, 3.05) is 0 Å². The van der Waals surface area contributed by atoms with E-state index in [-0.39, 0.29) is 0 Å². The largest absolute Gasteiger partial charge is 0.309 e. The third-order valence-corrected chi connectivity index (χ3v) is 9.51. The van der Waals surface area contributed by atoms with E-state index in [9.17, 15) is 0 Å². The molecule has 0 unspecified atom stereocenters. The molecule has 0 aliphatic rings. The van der Waals surface area contributed by atoms with Crippen molar-refractivity contribution in [2.45, 2.75) is 0 Å². The van der Waals surface area contributed by atoms with Gasteiger partial charge in [-0.3, -0.25) is 0 Å². The van der Waals surface area contributed by atoms with Crippen molar-refractivity contribution in [3.05, 3.63) is 186 Å². The quantitative estimate of drug-likeness (QED) is 0.172. The summed E-state index contributed by atoms with van der Waals surface area (Å²) < 4.78 is 4.57. The zero-order chi connectivity index (χ0) is 33.8. The van der Waals surface area contributed by atoms with E-state index in [0.717, 1.165) is 66.5 Å². The number of hydrogen-bond acceptors (Lipinski definition) is 0.